The summed E-state index contributed by atoms with van der Waals surface area (Å²) in [6.45, 7) is 0.955. The van der Waals surface area contributed by atoms with E-state index in [4.69, 9.17) is 15.2 Å². The van der Waals surface area contributed by atoms with Crippen LogP contribution in [0.5, 0.6) is 5.75 Å². The SMILES string of the molecule is COCC(CCN)NC(=O)COc1ccccc1. The summed E-state index contributed by atoms with van der Waals surface area (Å²) >= 11 is 0. The molecule has 0 saturated heterocycles. The summed E-state index contributed by atoms with van der Waals surface area (Å²) in [6, 6.07) is 9.15. The molecule has 0 aliphatic heterocycles. The molecule has 100 valence electrons. The number of rotatable bonds is 8. The van der Waals surface area contributed by atoms with Gasteiger partial charge in [0.1, 0.15) is 5.75 Å². The third kappa shape index (κ3) is 5.65. The van der Waals surface area contributed by atoms with Crippen LogP contribution in [0.4, 0.5) is 0 Å². The quantitative estimate of drug-likeness (QED) is 0.708. The third-order valence-electron chi connectivity index (χ3n) is 2.36. The molecule has 0 spiro atoms. The summed E-state index contributed by atoms with van der Waals surface area (Å²) in [5.74, 6) is 0.504. The van der Waals surface area contributed by atoms with E-state index in [9.17, 15) is 4.79 Å². The predicted molar refractivity (Wildman–Crippen MR) is 69.4 cm³/mol. The monoisotopic (exact) mass is 252 g/mol. The largest absolute Gasteiger partial charge is 0.484 e. The fraction of sp³-hybridized carbons (Fsp3) is 0.462. The van der Waals surface area contributed by atoms with Crippen molar-refractivity contribution in [1.29, 1.82) is 0 Å². The Morgan fingerprint density at radius 3 is 2.72 bits per heavy atom. The van der Waals surface area contributed by atoms with Crippen molar-refractivity contribution >= 4 is 5.91 Å². The van der Waals surface area contributed by atoms with Gasteiger partial charge in [-0.1, -0.05) is 18.2 Å². The van der Waals surface area contributed by atoms with Gasteiger partial charge in [-0.15, -0.1) is 0 Å². The molecule has 1 atom stereocenters. The first-order valence-corrected chi connectivity index (χ1v) is 5.92. The Balaban J connectivity index is 2.31. The lowest BCUT2D eigenvalue weighted by Gasteiger charge is -2.17. The first kappa shape index (κ1) is 14.5. The molecule has 0 heterocycles. The molecule has 0 bridgehead atoms. The normalized spacial score (nSPS) is 11.9. The van der Waals surface area contributed by atoms with Gasteiger partial charge < -0.3 is 20.5 Å². The molecule has 5 heteroatoms. The fourth-order valence-corrected chi connectivity index (χ4v) is 1.53. The Hall–Kier alpha value is -1.59. The number of benzene rings is 1. The van der Waals surface area contributed by atoms with E-state index >= 15 is 0 Å². The summed E-state index contributed by atoms with van der Waals surface area (Å²) in [4.78, 5) is 11.6. The van der Waals surface area contributed by atoms with Gasteiger partial charge >= 0.3 is 0 Å². The third-order valence-corrected chi connectivity index (χ3v) is 2.36. The summed E-state index contributed by atoms with van der Waals surface area (Å²) in [5, 5.41) is 2.82. The van der Waals surface area contributed by atoms with Gasteiger partial charge in [0.15, 0.2) is 6.61 Å². The van der Waals surface area contributed by atoms with Crippen molar-refractivity contribution in [3.05, 3.63) is 30.3 Å². The topological polar surface area (TPSA) is 73.6 Å². The molecule has 1 unspecified atom stereocenters. The van der Waals surface area contributed by atoms with Gasteiger partial charge in [0.2, 0.25) is 0 Å². The Labute approximate surface area is 107 Å². The van der Waals surface area contributed by atoms with E-state index in [0.717, 1.165) is 0 Å². The molecule has 0 fully saturated rings. The lowest BCUT2D eigenvalue weighted by atomic mass is 10.2. The first-order valence-electron chi connectivity index (χ1n) is 5.92. The van der Waals surface area contributed by atoms with Crippen molar-refractivity contribution in [3.63, 3.8) is 0 Å². The van der Waals surface area contributed by atoms with Gasteiger partial charge in [0.25, 0.3) is 5.91 Å². The van der Waals surface area contributed by atoms with Crippen LogP contribution in [-0.4, -0.2) is 38.8 Å². The van der Waals surface area contributed by atoms with Crippen LogP contribution in [0.2, 0.25) is 0 Å². The zero-order valence-electron chi connectivity index (χ0n) is 10.6. The van der Waals surface area contributed by atoms with Gasteiger partial charge in [-0.25, -0.2) is 0 Å². The number of ether oxygens (including phenoxy) is 2. The molecule has 1 aromatic carbocycles. The maximum absolute atomic E-state index is 11.6. The molecule has 1 amide bonds. The Bertz CT molecular complexity index is 337. The van der Waals surface area contributed by atoms with E-state index in [0.29, 0.717) is 25.3 Å². The highest BCUT2D eigenvalue weighted by atomic mass is 16.5. The van der Waals surface area contributed by atoms with Crippen LogP contribution in [0.25, 0.3) is 0 Å². The average molecular weight is 252 g/mol. The van der Waals surface area contributed by atoms with Crippen molar-refractivity contribution in [2.45, 2.75) is 12.5 Å². The number of para-hydroxylation sites is 1. The minimum absolute atomic E-state index is 0.00516. The van der Waals surface area contributed by atoms with Gasteiger partial charge in [0.05, 0.1) is 12.6 Å². The molecule has 0 aliphatic rings. The molecule has 3 N–H and O–H groups in total. The van der Waals surface area contributed by atoms with Crippen molar-refractivity contribution < 1.29 is 14.3 Å². The number of hydrogen-bond donors (Lipinski definition) is 2. The van der Waals surface area contributed by atoms with E-state index in [2.05, 4.69) is 5.32 Å². The highest BCUT2D eigenvalue weighted by molar-refractivity contribution is 5.77. The van der Waals surface area contributed by atoms with Gasteiger partial charge in [-0.2, -0.15) is 0 Å². The Kier molecular flexibility index (Phi) is 6.83. The zero-order valence-corrected chi connectivity index (χ0v) is 10.6. The van der Waals surface area contributed by atoms with Crippen LogP contribution in [-0.2, 0) is 9.53 Å². The average Bonchev–Trinajstić information content (AvgIpc) is 2.38. The number of amides is 1. The van der Waals surface area contributed by atoms with Crippen LogP contribution in [0.3, 0.4) is 0 Å². The Morgan fingerprint density at radius 2 is 2.11 bits per heavy atom. The molecule has 1 rings (SSSR count). The number of methoxy groups -OCH3 is 1. The summed E-state index contributed by atoms with van der Waals surface area (Å²) in [6.07, 6.45) is 0.685. The second kappa shape index (κ2) is 8.49. The van der Waals surface area contributed by atoms with Crippen molar-refractivity contribution in [1.82, 2.24) is 5.32 Å². The lowest BCUT2D eigenvalue weighted by Crippen LogP contribution is -2.41. The fourth-order valence-electron chi connectivity index (χ4n) is 1.53. The number of carbonyl (C=O) groups is 1. The molecule has 0 radical (unpaired) electrons. The molecular weight excluding hydrogens is 232 g/mol. The molecule has 5 nitrogen and oxygen atoms in total. The Morgan fingerprint density at radius 1 is 1.39 bits per heavy atom. The number of hydrogen-bond acceptors (Lipinski definition) is 4. The van der Waals surface area contributed by atoms with Crippen molar-refractivity contribution in [2.75, 3.05) is 26.9 Å². The van der Waals surface area contributed by atoms with E-state index < -0.39 is 0 Å². The van der Waals surface area contributed by atoms with E-state index in [1.165, 1.54) is 0 Å². The number of carbonyl (C=O) groups excluding carboxylic acids is 1. The van der Waals surface area contributed by atoms with Gasteiger partial charge in [0, 0.05) is 7.11 Å². The highest BCUT2D eigenvalue weighted by Gasteiger charge is 2.11. The van der Waals surface area contributed by atoms with Crippen molar-refractivity contribution in [2.24, 2.45) is 5.73 Å². The number of nitrogens with one attached hydrogen (secondary N) is 1. The zero-order chi connectivity index (χ0) is 13.2. The standard InChI is InChI=1S/C13H20N2O3/c1-17-9-11(7-8-14)15-13(16)10-18-12-5-3-2-4-6-12/h2-6,11H,7-10,14H2,1H3,(H,15,16). The first-order chi connectivity index (χ1) is 8.76. The minimum atomic E-state index is -0.172. The van der Waals surface area contributed by atoms with Gasteiger partial charge in [-0.05, 0) is 25.1 Å². The molecule has 0 aliphatic carbocycles. The summed E-state index contributed by atoms with van der Waals surface area (Å²) in [5.41, 5.74) is 5.46. The molecular formula is C13H20N2O3. The van der Waals surface area contributed by atoms with E-state index in [-0.39, 0.29) is 18.6 Å². The molecule has 18 heavy (non-hydrogen) atoms. The van der Waals surface area contributed by atoms with E-state index in [1.54, 1.807) is 19.2 Å². The van der Waals surface area contributed by atoms with Crippen LogP contribution in [0, 0.1) is 0 Å². The highest BCUT2D eigenvalue weighted by Crippen LogP contribution is 2.07. The predicted octanol–water partition coefficient (Wildman–Crippen LogP) is 0.545. The van der Waals surface area contributed by atoms with Crippen LogP contribution in [0.15, 0.2) is 30.3 Å². The van der Waals surface area contributed by atoms with E-state index in [1.807, 2.05) is 18.2 Å². The molecule has 0 saturated carbocycles. The minimum Gasteiger partial charge on any atom is -0.484 e. The summed E-state index contributed by atoms with van der Waals surface area (Å²) in [7, 11) is 1.59. The second-order valence-electron chi connectivity index (χ2n) is 3.90. The van der Waals surface area contributed by atoms with Crippen LogP contribution < -0.4 is 15.8 Å². The van der Waals surface area contributed by atoms with Crippen LogP contribution in [0.1, 0.15) is 6.42 Å². The molecule has 0 aromatic heterocycles. The second-order valence-corrected chi connectivity index (χ2v) is 3.90. The summed E-state index contributed by atoms with van der Waals surface area (Å²) < 4.78 is 10.3. The van der Waals surface area contributed by atoms with Gasteiger partial charge in [-0.3, -0.25) is 4.79 Å². The van der Waals surface area contributed by atoms with Crippen molar-refractivity contribution in [3.8, 4) is 5.75 Å². The smallest absolute Gasteiger partial charge is 0.258 e. The molecule has 1 aromatic rings. The number of nitrogens with two attached hydrogens (primary N) is 1. The lowest BCUT2D eigenvalue weighted by molar-refractivity contribution is -0.124. The maximum Gasteiger partial charge on any atom is 0.258 e. The van der Waals surface area contributed by atoms with Crippen LogP contribution >= 0.6 is 0 Å². The maximum atomic E-state index is 11.6.